The van der Waals surface area contributed by atoms with Crippen LogP contribution in [0.15, 0.2) is 30.5 Å². The van der Waals surface area contributed by atoms with Gasteiger partial charge in [0, 0.05) is 25.3 Å². The topological polar surface area (TPSA) is 165 Å². The van der Waals surface area contributed by atoms with Crippen molar-refractivity contribution < 1.29 is 9.59 Å². The summed E-state index contributed by atoms with van der Waals surface area (Å²) in [6, 6.07) is 6.54. The minimum Gasteiger partial charge on any atom is -0.382 e. The van der Waals surface area contributed by atoms with Crippen LogP contribution in [-0.2, 0) is 11.3 Å². The maximum atomic E-state index is 12.5. The van der Waals surface area contributed by atoms with Gasteiger partial charge in [-0.1, -0.05) is 13.3 Å². The first-order chi connectivity index (χ1) is 15.3. The highest BCUT2D eigenvalue weighted by Gasteiger charge is 2.19. The fourth-order valence-electron chi connectivity index (χ4n) is 3.23. The number of fused-ring (bicyclic) bond motifs is 1. The molecule has 3 aromatic rings. The number of nitrogens with zero attached hydrogens (tertiary/aromatic N) is 5. The van der Waals surface area contributed by atoms with Crippen molar-refractivity contribution in [1.29, 1.82) is 0 Å². The third-order valence-corrected chi connectivity index (χ3v) is 4.92. The van der Waals surface area contributed by atoms with Crippen LogP contribution in [0.25, 0.3) is 11.2 Å². The molecule has 168 valence electrons. The van der Waals surface area contributed by atoms with E-state index >= 15 is 0 Å². The van der Waals surface area contributed by atoms with Crippen LogP contribution in [0.5, 0.6) is 0 Å². The highest BCUT2D eigenvalue weighted by atomic mass is 16.2. The number of nitrogen functional groups attached to an aromatic ring is 2. The molecule has 0 spiro atoms. The van der Waals surface area contributed by atoms with Gasteiger partial charge < -0.3 is 27.0 Å². The number of amides is 2. The third kappa shape index (κ3) is 5.17. The van der Waals surface area contributed by atoms with Crippen molar-refractivity contribution in [2.45, 2.75) is 32.4 Å². The third-order valence-electron chi connectivity index (χ3n) is 4.92. The monoisotopic (exact) mass is 437 g/mol. The standard InChI is InChI=1S/C21H27N9O2/c1-4-5-15(20(32)24-2)27-19(31)12-6-8-14(9-7-12)30(3)11-13-10-25-18-16(26-13)17(22)28-21(23)29-18/h6-10,15H,4-5,11H2,1-3H3,(H,24,32)(H,27,31)(H4,22,23,25,28,29). The average molecular weight is 438 g/mol. The summed E-state index contributed by atoms with van der Waals surface area (Å²) in [5.74, 6) is -0.272. The van der Waals surface area contributed by atoms with Crippen LogP contribution in [0.3, 0.4) is 0 Å². The zero-order chi connectivity index (χ0) is 23.3. The van der Waals surface area contributed by atoms with Crippen molar-refractivity contribution in [3.63, 3.8) is 0 Å². The number of likely N-dealkylation sites (N-methyl/N-ethyl adjacent to an activating group) is 1. The maximum Gasteiger partial charge on any atom is 0.251 e. The Morgan fingerprint density at radius 1 is 1.12 bits per heavy atom. The van der Waals surface area contributed by atoms with Crippen molar-refractivity contribution in [1.82, 2.24) is 30.6 Å². The molecule has 0 saturated carbocycles. The highest BCUT2D eigenvalue weighted by Crippen LogP contribution is 2.19. The Kier molecular flexibility index (Phi) is 6.98. The smallest absolute Gasteiger partial charge is 0.251 e. The van der Waals surface area contributed by atoms with Crippen LogP contribution in [0.1, 0.15) is 35.8 Å². The normalized spacial score (nSPS) is 11.7. The summed E-state index contributed by atoms with van der Waals surface area (Å²) in [6.07, 6.45) is 2.96. The first-order valence-electron chi connectivity index (χ1n) is 10.2. The number of carbonyl (C=O) groups is 2. The molecule has 0 aliphatic rings. The number of rotatable bonds is 8. The van der Waals surface area contributed by atoms with Crippen LogP contribution in [0.4, 0.5) is 17.5 Å². The molecule has 2 heterocycles. The molecule has 0 radical (unpaired) electrons. The number of nitrogens with one attached hydrogen (secondary N) is 2. The van der Waals surface area contributed by atoms with Gasteiger partial charge in [-0.2, -0.15) is 9.97 Å². The van der Waals surface area contributed by atoms with Gasteiger partial charge in [-0.05, 0) is 30.7 Å². The lowest BCUT2D eigenvalue weighted by atomic mass is 10.1. The first kappa shape index (κ1) is 22.7. The first-order valence-corrected chi connectivity index (χ1v) is 10.2. The van der Waals surface area contributed by atoms with Crippen molar-refractivity contribution in [2.24, 2.45) is 0 Å². The van der Waals surface area contributed by atoms with Crippen LogP contribution >= 0.6 is 0 Å². The molecule has 6 N–H and O–H groups in total. The van der Waals surface area contributed by atoms with Crippen molar-refractivity contribution in [3.05, 3.63) is 41.7 Å². The molecule has 2 aromatic heterocycles. The van der Waals surface area contributed by atoms with Gasteiger partial charge in [0.1, 0.15) is 6.04 Å². The molecule has 0 aliphatic carbocycles. The molecular formula is C21H27N9O2. The van der Waals surface area contributed by atoms with Gasteiger partial charge >= 0.3 is 0 Å². The van der Waals surface area contributed by atoms with E-state index in [9.17, 15) is 9.59 Å². The molecule has 2 amide bonds. The summed E-state index contributed by atoms with van der Waals surface area (Å²) < 4.78 is 0. The second kappa shape index (κ2) is 9.86. The highest BCUT2D eigenvalue weighted by molar-refractivity contribution is 5.97. The van der Waals surface area contributed by atoms with E-state index in [4.69, 9.17) is 11.5 Å². The average Bonchev–Trinajstić information content (AvgIpc) is 2.78. The van der Waals surface area contributed by atoms with Crippen LogP contribution in [0.2, 0.25) is 0 Å². The lowest BCUT2D eigenvalue weighted by molar-refractivity contribution is -0.122. The van der Waals surface area contributed by atoms with Gasteiger partial charge in [0.15, 0.2) is 17.0 Å². The van der Waals surface area contributed by atoms with Gasteiger partial charge in [-0.3, -0.25) is 9.59 Å². The fraction of sp³-hybridized carbons (Fsp3) is 0.333. The van der Waals surface area contributed by atoms with Crippen LogP contribution in [-0.4, -0.2) is 51.9 Å². The molecule has 0 bridgehead atoms. The Morgan fingerprint density at radius 2 is 1.84 bits per heavy atom. The lowest BCUT2D eigenvalue weighted by Crippen LogP contribution is -2.45. The van der Waals surface area contributed by atoms with Crippen molar-refractivity contribution in [3.8, 4) is 0 Å². The fourth-order valence-corrected chi connectivity index (χ4v) is 3.23. The zero-order valence-electron chi connectivity index (χ0n) is 18.3. The number of benzene rings is 1. The van der Waals surface area contributed by atoms with Crippen molar-refractivity contribution in [2.75, 3.05) is 30.5 Å². The molecule has 1 unspecified atom stereocenters. The molecule has 11 heteroatoms. The number of hydrogen-bond acceptors (Lipinski definition) is 9. The molecule has 0 fully saturated rings. The molecule has 32 heavy (non-hydrogen) atoms. The minimum atomic E-state index is -0.557. The number of nitrogens with two attached hydrogens (primary N) is 2. The second-order valence-corrected chi connectivity index (χ2v) is 7.33. The number of aromatic nitrogens is 4. The largest absolute Gasteiger partial charge is 0.382 e. The summed E-state index contributed by atoms with van der Waals surface area (Å²) in [7, 11) is 3.45. The molecule has 1 atom stereocenters. The van der Waals surface area contributed by atoms with E-state index in [0.29, 0.717) is 35.4 Å². The maximum absolute atomic E-state index is 12.5. The zero-order valence-corrected chi connectivity index (χ0v) is 18.3. The Labute approximate surface area is 185 Å². The predicted octanol–water partition coefficient (Wildman–Crippen LogP) is 0.865. The van der Waals surface area contributed by atoms with Gasteiger partial charge in [-0.15, -0.1) is 0 Å². The molecule has 3 rings (SSSR count). The molecular weight excluding hydrogens is 410 g/mol. The number of carbonyl (C=O) groups excluding carboxylic acids is 2. The van der Waals surface area contributed by atoms with Gasteiger partial charge in [0.25, 0.3) is 5.91 Å². The summed E-state index contributed by atoms with van der Waals surface area (Å²) >= 11 is 0. The molecule has 11 nitrogen and oxygen atoms in total. The lowest BCUT2D eigenvalue weighted by Gasteiger charge is -2.20. The Morgan fingerprint density at radius 3 is 2.50 bits per heavy atom. The van der Waals surface area contributed by atoms with E-state index in [1.807, 2.05) is 31.0 Å². The van der Waals surface area contributed by atoms with E-state index in [0.717, 1.165) is 12.1 Å². The van der Waals surface area contributed by atoms with E-state index in [-0.39, 0.29) is 23.6 Å². The van der Waals surface area contributed by atoms with Gasteiger partial charge in [0.2, 0.25) is 11.9 Å². The Bertz CT molecular complexity index is 1120. The van der Waals surface area contributed by atoms with E-state index in [2.05, 4.69) is 30.6 Å². The summed E-state index contributed by atoms with van der Waals surface area (Å²) in [6.45, 7) is 2.41. The SMILES string of the molecule is CCCC(NC(=O)c1ccc(N(C)Cc2cnc3nc(N)nc(N)c3n2)cc1)C(=O)NC. The minimum absolute atomic E-state index is 0.0506. The molecule has 0 saturated heterocycles. The van der Waals surface area contributed by atoms with Crippen LogP contribution in [0, 0.1) is 0 Å². The Balaban J connectivity index is 1.69. The van der Waals surface area contributed by atoms with E-state index < -0.39 is 6.04 Å². The predicted molar refractivity (Wildman–Crippen MR) is 123 cm³/mol. The quantitative estimate of drug-likeness (QED) is 0.400. The van der Waals surface area contributed by atoms with E-state index in [1.165, 1.54) is 0 Å². The van der Waals surface area contributed by atoms with Crippen LogP contribution < -0.4 is 27.0 Å². The second-order valence-electron chi connectivity index (χ2n) is 7.33. The Hall–Kier alpha value is -4.02. The summed E-state index contributed by atoms with van der Waals surface area (Å²) in [5, 5.41) is 5.36. The molecule has 1 aromatic carbocycles. The summed E-state index contributed by atoms with van der Waals surface area (Å²) in [4.78, 5) is 43.1. The summed E-state index contributed by atoms with van der Waals surface area (Å²) in [5.41, 5.74) is 14.2. The number of anilines is 3. The number of hydrogen-bond donors (Lipinski definition) is 4. The molecule has 0 aliphatic heterocycles. The van der Waals surface area contributed by atoms with E-state index in [1.54, 1.807) is 25.4 Å². The van der Waals surface area contributed by atoms with Gasteiger partial charge in [-0.25, -0.2) is 9.97 Å². The van der Waals surface area contributed by atoms with Gasteiger partial charge in [0.05, 0.1) is 18.4 Å². The van der Waals surface area contributed by atoms with Crippen molar-refractivity contribution >= 4 is 40.4 Å².